The van der Waals surface area contributed by atoms with Crippen LogP contribution in [0.1, 0.15) is 17.5 Å². The van der Waals surface area contributed by atoms with E-state index in [9.17, 15) is 10.5 Å². The quantitative estimate of drug-likeness (QED) is 0.193. The van der Waals surface area contributed by atoms with Crippen LogP contribution >= 0.6 is 0 Å². The average molecular weight is 600 g/mol. The van der Waals surface area contributed by atoms with Crippen molar-refractivity contribution in [1.29, 1.82) is 10.5 Å². The molecule has 1 aliphatic rings. The van der Waals surface area contributed by atoms with E-state index >= 15 is 0 Å². The Labute approximate surface area is 269 Å². The lowest BCUT2D eigenvalue weighted by Gasteiger charge is -2.32. The van der Waals surface area contributed by atoms with E-state index in [0.717, 1.165) is 17.8 Å². The minimum Gasteiger partial charge on any atom is -0.334 e. The Morgan fingerprint density at radius 2 is 1.06 bits per heavy atom. The molecule has 0 saturated carbocycles. The van der Waals surface area contributed by atoms with Crippen molar-refractivity contribution in [3.8, 4) is 12.1 Å². The van der Waals surface area contributed by atoms with Gasteiger partial charge in [-0.2, -0.15) is 10.5 Å². The second-order valence-electron chi connectivity index (χ2n) is 12.3. The van der Waals surface area contributed by atoms with Crippen LogP contribution in [-0.4, -0.2) is 14.8 Å². The number of hydrogen-bond acceptors (Lipinski definition) is 3. The lowest BCUT2D eigenvalue weighted by molar-refractivity contribution is 0.834. The number of hydrogen-bond donors (Lipinski definition) is 0. The molecule has 47 heavy (non-hydrogen) atoms. The highest BCUT2D eigenvalue weighted by atomic mass is 15.2. The van der Waals surface area contributed by atoms with E-state index in [-0.39, 0.29) is 6.04 Å². The van der Waals surface area contributed by atoms with Gasteiger partial charge in [-0.1, -0.05) is 66.7 Å². The number of nitriles is 2. The summed E-state index contributed by atoms with van der Waals surface area (Å²) in [5.74, 6) is 0. The highest BCUT2D eigenvalue weighted by Crippen LogP contribution is 2.42. The smallest absolute Gasteiger partial charge is 0.0991 e. The molecule has 0 bridgehead atoms. The van der Waals surface area contributed by atoms with Crippen molar-refractivity contribution in [2.45, 2.75) is 12.5 Å². The Morgan fingerprint density at radius 1 is 0.553 bits per heavy atom. The summed E-state index contributed by atoms with van der Waals surface area (Å²) >= 11 is 0. The summed E-state index contributed by atoms with van der Waals surface area (Å²) in [5, 5.41) is 27.8. The summed E-state index contributed by atoms with van der Waals surface area (Å²) < 4.78 is 4.96. The van der Waals surface area contributed by atoms with E-state index in [1.165, 1.54) is 65.1 Å². The van der Waals surface area contributed by atoms with Gasteiger partial charge in [0, 0.05) is 32.8 Å². The Morgan fingerprint density at radius 3 is 1.68 bits per heavy atom. The second-order valence-corrected chi connectivity index (χ2v) is 12.3. The molecule has 5 nitrogen and oxygen atoms in total. The number of nitrogens with zero attached hydrogens (tertiary/aromatic N) is 5. The fourth-order valence-corrected chi connectivity index (χ4v) is 8.07. The van der Waals surface area contributed by atoms with Crippen LogP contribution in [0.5, 0.6) is 0 Å². The van der Waals surface area contributed by atoms with Crippen LogP contribution < -0.4 is 15.5 Å². The van der Waals surface area contributed by atoms with Crippen LogP contribution in [0.15, 0.2) is 121 Å². The maximum absolute atomic E-state index is 9.50. The predicted octanol–water partition coefficient (Wildman–Crippen LogP) is 8.16. The molecule has 0 aliphatic heterocycles. The van der Waals surface area contributed by atoms with Gasteiger partial charge in [-0.3, -0.25) is 0 Å². The van der Waals surface area contributed by atoms with Crippen molar-refractivity contribution in [1.82, 2.24) is 8.80 Å². The van der Waals surface area contributed by atoms with Gasteiger partial charge in [-0.25, -0.2) is 0 Å². The first-order valence-corrected chi connectivity index (χ1v) is 15.8. The van der Waals surface area contributed by atoms with Crippen molar-refractivity contribution in [3.63, 3.8) is 0 Å². The van der Waals surface area contributed by atoms with E-state index in [1.807, 2.05) is 48.5 Å². The molecule has 1 unspecified atom stereocenters. The fourth-order valence-electron chi connectivity index (χ4n) is 8.07. The van der Waals surface area contributed by atoms with Crippen molar-refractivity contribution >= 4 is 78.0 Å². The van der Waals surface area contributed by atoms with E-state index in [1.54, 1.807) is 0 Å². The van der Waals surface area contributed by atoms with Crippen LogP contribution in [0.25, 0.3) is 66.7 Å². The van der Waals surface area contributed by atoms with E-state index < -0.39 is 0 Å². The van der Waals surface area contributed by atoms with Crippen molar-refractivity contribution in [3.05, 3.63) is 143 Å². The van der Waals surface area contributed by atoms with Gasteiger partial charge < -0.3 is 13.7 Å². The maximum Gasteiger partial charge on any atom is 0.0991 e. The number of anilines is 2. The molecule has 1 atom stereocenters. The minimum absolute atomic E-state index is 0.00117. The molecular weight excluding hydrogens is 574 g/mol. The van der Waals surface area contributed by atoms with Gasteiger partial charge >= 0.3 is 0 Å². The number of benzene rings is 6. The molecule has 3 aromatic heterocycles. The van der Waals surface area contributed by atoms with Gasteiger partial charge in [-0.05, 0) is 83.9 Å². The molecule has 6 aromatic carbocycles. The van der Waals surface area contributed by atoms with Gasteiger partial charge in [0.05, 0.1) is 62.2 Å². The molecule has 0 N–H and O–H groups in total. The first-order valence-electron chi connectivity index (χ1n) is 15.8. The number of aromatic nitrogens is 2. The topological polar surface area (TPSA) is 59.6 Å². The Balaban J connectivity index is 1.36. The van der Waals surface area contributed by atoms with Gasteiger partial charge in [0.2, 0.25) is 0 Å². The van der Waals surface area contributed by atoms with Crippen molar-refractivity contribution < 1.29 is 0 Å². The molecule has 9 aromatic rings. The highest BCUT2D eigenvalue weighted by Gasteiger charge is 2.27. The molecule has 0 amide bonds. The van der Waals surface area contributed by atoms with Gasteiger partial charge in [0.1, 0.15) is 0 Å². The van der Waals surface area contributed by atoms with Gasteiger partial charge in [0.15, 0.2) is 0 Å². The van der Waals surface area contributed by atoms with Crippen LogP contribution in [0.2, 0.25) is 0 Å². The third-order valence-electron chi connectivity index (χ3n) is 9.97. The van der Waals surface area contributed by atoms with Gasteiger partial charge in [0.25, 0.3) is 0 Å². The second kappa shape index (κ2) is 9.47. The molecule has 0 spiro atoms. The van der Waals surface area contributed by atoms with E-state index in [0.29, 0.717) is 11.1 Å². The summed E-state index contributed by atoms with van der Waals surface area (Å²) in [5.41, 5.74) is 9.34. The average Bonchev–Trinajstić information content (AvgIpc) is 3.67. The van der Waals surface area contributed by atoms with E-state index in [4.69, 9.17) is 0 Å². The SMILES string of the molecule is N#Cc1ccc(N(c2ccc(C#N)cc2)C2C=c3c(n4c5ccccc5n5c6ccccc6c6c7ccccc7c3c4c65)=CC2)cc1. The third kappa shape index (κ3) is 3.40. The first kappa shape index (κ1) is 25.7. The van der Waals surface area contributed by atoms with Crippen LogP contribution in [0.4, 0.5) is 11.4 Å². The monoisotopic (exact) mass is 599 g/mol. The summed E-state index contributed by atoms with van der Waals surface area (Å²) in [7, 11) is 0. The summed E-state index contributed by atoms with van der Waals surface area (Å²) in [6.07, 6.45) is 5.62. The fraction of sp³-hybridized carbons (Fsp3) is 0.0476. The molecule has 0 radical (unpaired) electrons. The molecule has 0 saturated heterocycles. The number of para-hydroxylation sites is 3. The Hall–Kier alpha value is -6.56. The zero-order chi connectivity index (χ0) is 31.2. The largest absolute Gasteiger partial charge is 0.334 e. The Bertz CT molecular complexity index is 2860. The lowest BCUT2D eigenvalue weighted by atomic mass is 9.97. The third-order valence-corrected chi connectivity index (χ3v) is 9.97. The summed E-state index contributed by atoms with van der Waals surface area (Å²) in [4.78, 5) is 2.33. The summed E-state index contributed by atoms with van der Waals surface area (Å²) in [6.45, 7) is 0. The van der Waals surface area contributed by atoms with Crippen LogP contribution in [-0.2, 0) is 0 Å². The molecule has 218 valence electrons. The zero-order valence-electron chi connectivity index (χ0n) is 25.2. The highest BCUT2D eigenvalue weighted by molar-refractivity contribution is 6.32. The molecule has 10 rings (SSSR count). The molecule has 0 fully saturated rings. The predicted molar refractivity (Wildman–Crippen MR) is 191 cm³/mol. The van der Waals surface area contributed by atoms with E-state index in [2.05, 4.69) is 111 Å². The summed E-state index contributed by atoms with van der Waals surface area (Å²) in [6, 6.07) is 46.5. The normalized spacial score (nSPS) is 14.4. The maximum atomic E-state index is 9.50. The van der Waals surface area contributed by atoms with Gasteiger partial charge in [-0.15, -0.1) is 0 Å². The van der Waals surface area contributed by atoms with Crippen LogP contribution in [0, 0.1) is 22.7 Å². The van der Waals surface area contributed by atoms with Crippen molar-refractivity contribution in [2.75, 3.05) is 4.90 Å². The molecule has 1 aliphatic carbocycles. The first-order chi connectivity index (χ1) is 23.2. The number of fused-ring (bicyclic) bond motifs is 12. The standard InChI is InChI=1S/C42H25N5/c43-24-26-13-17-28(18-14-26)45(29-19-15-27(25-44)16-20-29)30-21-22-36-34(23-30)40-32-8-2-1-7-31(32)39-33-9-3-4-10-35(33)46-37-11-5-6-12-38(37)47(36)42(40)41(39)46/h1-20,22-23,30H,21H2. The molecule has 5 heteroatoms. The molecular formula is C42H25N5. The van der Waals surface area contributed by atoms with Crippen molar-refractivity contribution in [2.24, 2.45) is 0 Å². The lowest BCUT2D eigenvalue weighted by Crippen LogP contribution is -2.38. The zero-order valence-corrected chi connectivity index (χ0v) is 25.2. The molecule has 3 heterocycles. The number of rotatable bonds is 3. The van der Waals surface area contributed by atoms with Crippen LogP contribution in [0.3, 0.4) is 0 Å². The minimum atomic E-state index is -0.00117. The Kier molecular flexibility index (Phi) is 5.19.